The number of rotatable bonds is 19. The fourth-order valence-corrected chi connectivity index (χ4v) is 7.52. The minimum atomic E-state index is -2.01. The van der Waals surface area contributed by atoms with Crippen LogP contribution < -0.4 is 42.8 Å². The molecule has 1 saturated heterocycles. The van der Waals surface area contributed by atoms with Crippen molar-refractivity contribution in [3.8, 4) is 5.75 Å². The van der Waals surface area contributed by atoms with E-state index >= 15 is 4.79 Å². The van der Waals surface area contributed by atoms with Crippen LogP contribution in [0.2, 0.25) is 0 Å². The average molecular weight is 885 g/mol. The summed E-state index contributed by atoms with van der Waals surface area (Å²) in [5.41, 5.74) is 10.9. The number of nitrogens with one attached hydrogen (secondary N) is 7. The van der Waals surface area contributed by atoms with Crippen molar-refractivity contribution in [1.29, 1.82) is 10.8 Å². The zero-order chi connectivity index (χ0) is 46.2. The Morgan fingerprint density at radius 1 is 0.844 bits per heavy atom. The van der Waals surface area contributed by atoms with Gasteiger partial charge in [0.15, 0.2) is 23.2 Å². The van der Waals surface area contributed by atoms with E-state index in [0.29, 0.717) is 41.1 Å². The first-order valence-electron chi connectivity index (χ1n) is 21.0. The van der Waals surface area contributed by atoms with Crippen LogP contribution in [-0.2, 0) is 35.0 Å². The van der Waals surface area contributed by atoms with Crippen LogP contribution in [0.15, 0.2) is 72.8 Å². The Bertz CT molecular complexity index is 2150. The number of anilines is 2. The molecule has 5 rings (SSSR count). The Hall–Kier alpha value is -7.22. The van der Waals surface area contributed by atoms with Crippen molar-refractivity contribution in [1.82, 2.24) is 20.9 Å². The molecule has 3 aromatic rings. The fourth-order valence-electron chi connectivity index (χ4n) is 7.52. The number of nitrogens with two attached hydrogens (primary N) is 2. The number of Topliss-reactive ketones (excluding diaryl/α,β-unsaturated/α-hetero) is 1. The Morgan fingerprint density at radius 2 is 1.44 bits per heavy atom. The molecule has 0 aromatic heterocycles. The lowest BCUT2D eigenvalue weighted by Gasteiger charge is -2.43. The van der Waals surface area contributed by atoms with Gasteiger partial charge in [0.1, 0.15) is 18.4 Å². The highest BCUT2D eigenvalue weighted by Crippen LogP contribution is 2.26. The third-order valence-electron chi connectivity index (χ3n) is 10.7. The quantitative estimate of drug-likeness (QED) is 0.0209. The second-order valence-corrected chi connectivity index (χ2v) is 15.4. The molecule has 2 aliphatic rings. The Labute approximate surface area is 370 Å². The summed E-state index contributed by atoms with van der Waals surface area (Å²) in [6.45, 7) is 0.843. The predicted octanol–water partition coefficient (Wildman–Crippen LogP) is 2.97. The van der Waals surface area contributed by atoms with Crippen molar-refractivity contribution in [2.24, 2.45) is 11.5 Å². The number of amides is 3. The maximum Gasteiger partial charge on any atom is 0.511 e. The molecule has 0 bridgehead atoms. The number of hydrogen-bond acceptors (Lipinski definition) is 13. The zero-order valence-electron chi connectivity index (χ0n) is 35.8. The van der Waals surface area contributed by atoms with Crippen molar-refractivity contribution in [3.63, 3.8) is 0 Å². The highest BCUT2D eigenvalue weighted by Gasteiger charge is 2.52. The summed E-state index contributed by atoms with van der Waals surface area (Å²) in [5.74, 6) is -3.43. The van der Waals surface area contributed by atoms with E-state index in [9.17, 15) is 24.0 Å². The molecule has 1 heterocycles. The first kappa shape index (κ1) is 47.8. The summed E-state index contributed by atoms with van der Waals surface area (Å²) in [5, 5.41) is 28.9. The van der Waals surface area contributed by atoms with Gasteiger partial charge in [-0.2, -0.15) is 0 Å². The molecule has 1 aliphatic carbocycles. The number of carbonyl (C=O) groups excluding carboxylic acids is 6. The van der Waals surface area contributed by atoms with E-state index < -0.39 is 60.0 Å². The van der Waals surface area contributed by atoms with Crippen molar-refractivity contribution in [2.75, 3.05) is 43.9 Å². The SMILES string of the molecule is COc1ccc(CC(NC(=O)c2ccc(NC(=N)N)cc2)C(=O)C2(CCCNC(=O)c3ccc(NC(=N)N)cc3)NCCN(CC(=O)OC(C)OC(=O)OC3CCCCC3)C2=O)cc1. The monoisotopic (exact) mass is 884 g/mol. The van der Waals surface area contributed by atoms with Gasteiger partial charge in [0, 0.05) is 49.1 Å². The smallest absolute Gasteiger partial charge is 0.497 e. The maximum atomic E-state index is 15.2. The molecular weight excluding hydrogens is 829 g/mol. The fraction of sp³-hybridized carbons (Fsp3) is 0.409. The van der Waals surface area contributed by atoms with Crippen LogP contribution in [0.3, 0.4) is 0 Å². The van der Waals surface area contributed by atoms with Gasteiger partial charge in [-0.05, 0) is 111 Å². The van der Waals surface area contributed by atoms with Crippen LogP contribution in [0.25, 0.3) is 0 Å². The van der Waals surface area contributed by atoms with Crippen molar-refractivity contribution in [2.45, 2.75) is 82.3 Å². The van der Waals surface area contributed by atoms with Crippen molar-refractivity contribution < 1.29 is 47.7 Å². The van der Waals surface area contributed by atoms with Crippen LogP contribution >= 0.6 is 0 Å². The minimum absolute atomic E-state index is 0.00327. The number of esters is 1. The highest BCUT2D eigenvalue weighted by atomic mass is 16.8. The van der Waals surface area contributed by atoms with Crippen molar-refractivity contribution >= 4 is 58.9 Å². The summed E-state index contributed by atoms with van der Waals surface area (Å²) < 4.78 is 21.2. The second-order valence-electron chi connectivity index (χ2n) is 15.4. The van der Waals surface area contributed by atoms with Crippen LogP contribution in [0.1, 0.15) is 78.1 Å². The van der Waals surface area contributed by atoms with Gasteiger partial charge in [-0.25, -0.2) is 4.79 Å². The van der Waals surface area contributed by atoms with Gasteiger partial charge in [-0.1, -0.05) is 18.6 Å². The Morgan fingerprint density at radius 3 is 2.02 bits per heavy atom. The van der Waals surface area contributed by atoms with Gasteiger partial charge in [-0.3, -0.25) is 40.1 Å². The molecule has 1 saturated carbocycles. The van der Waals surface area contributed by atoms with E-state index in [4.69, 9.17) is 41.2 Å². The maximum absolute atomic E-state index is 15.2. The van der Waals surface area contributed by atoms with Crippen LogP contribution in [0, 0.1) is 10.8 Å². The first-order valence-corrected chi connectivity index (χ1v) is 21.0. The first-order chi connectivity index (χ1) is 30.6. The number of nitrogens with zero attached hydrogens (tertiary/aromatic N) is 1. The molecule has 342 valence electrons. The van der Waals surface area contributed by atoms with E-state index in [0.717, 1.165) is 19.3 Å². The summed E-state index contributed by atoms with van der Waals surface area (Å²) in [6, 6.07) is 17.8. The summed E-state index contributed by atoms with van der Waals surface area (Å²) in [7, 11) is 1.51. The molecule has 20 heteroatoms. The number of ether oxygens (including phenoxy) is 4. The molecule has 3 unspecified atom stereocenters. The number of methoxy groups -OCH3 is 1. The van der Waals surface area contributed by atoms with Gasteiger partial charge < -0.3 is 56.6 Å². The lowest BCUT2D eigenvalue weighted by Crippen LogP contribution is -2.71. The molecule has 11 N–H and O–H groups in total. The Kier molecular flexibility index (Phi) is 17.0. The average Bonchev–Trinajstić information content (AvgIpc) is 3.26. The van der Waals surface area contributed by atoms with E-state index in [1.165, 1.54) is 31.1 Å². The third-order valence-corrected chi connectivity index (χ3v) is 10.7. The van der Waals surface area contributed by atoms with E-state index in [2.05, 4.69) is 26.6 Å². The number of carbonyl (C=O) groups is 6. The molecule has 3 amide bonds. The largest absolute Gasteiger partial charge is 0.511 e. The summed E-state index contributed by atoms with van der Waals surface area (Å²) in [6.07, 6.45) is 1.65. The molecule has 20 nitrogen and oxygen atoms in total. The molecule has 1 aliphatic heterocycles. The van der Waals surface area contributed by atoms with E-state index in [-0.39, 0.29) is 62.5 Å². The number of ketones is 1. The van der Waals surface area contributed by atoms with Crippen LogP contribution in [0.5, 0.6) is 5.75 Å². The highest BCUT2D eigenvalue weighted by molar-refractivity contribution is 6.15. The van der Waals surface area contributed by atoms with E-state index in [1.54, 1.807) is 60.7 Å². The second kappa shape index (κ2) is 22.7. The van der Waals surface area contributed by atoms with Crippen LogP contribution in [0.4, 0.5) is 16.2 Å². The summed E-state index contributed by atoms with van der Waals surface area (Å²) >= 11 is 0. The molecule has 3 aromatic carbocycles. The van der Waals surface area contributed by atoms with Gasteiger partial charge in [-0.15, -0.1) is 0 Å². The third kappa shape index (κ3) is 13.6. The normalized spacial score (nSPS) is 17.2. The van der Waals surface area contributed by atoms with E-state index in [1.807, 2.05) is 0 Å². The summed E-state index contributed by atoms with van der Waals surface area (Å²) in [4.78, 5) is 83.7. The van der Waals surface area contributed by atoms with Gasteiger partial charge in [0.05, 0.1) is 13.2 Å². The number of piperazine rings is 1. The van der Waals surface area contributed by atoms with Gasteiger partial charge >= 0.3 is 12.1 Å². The molecule has 0 radical (unpaired) electrons. The topological polar surface area (TPSA) is 302 Å². The zero-order valence-corrected chi connectivity index (χ0v) is 35.8. The molecule has 64 heavy (non-hydrogen) atoms. The molecule has 3 atom stereocenters. The lowest BCUT2D eigenvalue weighted by atomic mass is 9.80. The predicted molar refractivity (Wildman–Crippen MR) is 236 cm³/mol. The van der Waals surface area contributed by atoms with Gasteiger partial charge in [0.25, 0.3) is 17.7 Å². The Balaban J connectivity index is 1.37. The van der Waals surface area contributed by atoms with Crippen LogP contribution in [-0.4, -0.2) is 110 Å². The number of benzene rings is 3. The number of guanidine groups is 2. The standard InChI is InChI=1S/C44H56N10O10/c1-27(63-43(60)64-34-7-4-3-5-8-34)62-36(55)26-54-24-23-50-44(40(54)59,21-6-22-49-38(57)29-11-15-31(16-12-29)51-41(45)46)37(56)35(25-28-9-19-33(61-2)20-10-28)53-39(58)30-13-17-32(18-14-30)52-42(47)48/h9-20,27,34-35,50H,3-8,21-26H2,1-2H3,(H,49,57)(H,53,58)(H4,45,46,51)(H4,47,48,52). The van der Waals surface area contributed by atoms with Gasteiger partial charge in [0.2, 0.25) is 6.29 Å². The molecule has 2 fully saturated rings. The minimum Gasteiger partial charge on any atom is -0.497 e. The number of hydrogen-bond donors (Lipinski definition) is 9. The molecular formula is C44H56N10O10. The molecule has 0 spiro atoms. The lowest BCUT2D eigenvalue weighted by molar-refractivity contribution is -0.173. The van der Waals surface area contributed by atoms with Crippen molar-refractivity contribution in [3.05, 3.63) is 89.5 Å².